The summed E-state index contributed by atoms with van der Waals surface area (Å²) in [6.45, 7) is 5.02. The number of nitrogens with one attached hydrogen (secondary N) is 2. The Morgan fingerprint density at radius 1 is 1.04 bits per heavy atom. The lowest BCUT2D eigenvalue weighted by Crippen LogP contribution is -2.39. The van der Waals surface area contributed by atoms with Crippen LogP contribution < -0.4 is 10.6 Å². The van der Waals surface area contributed by atoms with Gasteiger partial charge in [-0.25, -0.2) is 0 Å². The van der Waals surface area contributed by atoms with Gasteiger partial charge in [0, 0.05) is 38.0 Å². The molecule has 0 saturated heterocycles. The first-order chi connectivity index (χ1) is 11.9. The third-order valence-electron chi connectivity index (χ3n) is 4.38. The maximum Gasteiger partial charge on any atom is 0.246 e. The molecule has 1 aliphatic rings. The highest BCUT2D eigenvalue weighted by molar-refractivity contribution is 5.83. The number of hydrogen-bond donors (Lipinski definition) is 2. The van der Waals surface area contributed by atoms with Crippen LogP contribution >= 0.6 is 0 Å². The zero-order chi connectivity index (χ0) is 18.7. The van der Waals surface area contributed by atoms with Gasteiger partial charge in [-0.1, -0.05) is 13.8 Å². The first kappa shape index (κ1) is 21.6. The summed E-state index contributed by atoms with van der Waals surface area (Å²) >= 11 is 0. The van der Waals surface area contributed by atoms with Crippen molar-refractivity contribution < 1.29 is 23.9 Å². The summed E-state index contributed by atoms with van der Waals surface area (Å²) in [5, 5.41) is 5.66. The van der Waals surface area contributed by atoms with E-state index in [1.807, 2.05) is 13.8 Å². The molecule has 0 radical (unpaired) electrons. The van der Waals surface area contributed by atoms with Crippen LogP contribution in [-0.4, -0.2) is 57.1 Å². The third kappa shape index (κ3) is 8.97. The number of rotatable bonds is 11. The Balaban J connectivity index is 2.06. The van der Waals surface area contributed by atoms with Crippen LogP contribution in [0.4, 0.5) is 0 Å². The number of carbonyl (C=O) groups is 3. The molecule has 0 heterocycles. The summed E-state index contributed by atoms with van der Waals surface area (Å²) in [7, 11) is 1.46. The van der Waals surface area contributed by atoms with E-state index in [-0.39, 0.29) is 36.3 Å². The average Bonchev–Trinajstić information content (AvgIpc) is 2.58. The van der Waals surface area contributed by atoms with E-state index in [1.54, 1.807) is 0 Å². The predicted molar refractivity (Wildman–Crippen MR) is 94.1 cm³/mol. The minimum absolute atomic E-state index is 0.0259. The summed E-state index contributed by atoms with van der Waals surface area (Å²) in [5.74, 6) is 0.380. The van der Waals surface area contributed by atoms with E-state index >= 15 is 0 Å². The van der Waals surface area contributed by atoms with Crippen LogP contribution in [0.3, 0.4) is 0 Å². The van der Waals surface area contributed by atoms with Crippen LogP contribution in [0.2, 0.25) is 0 Å². The highest BCUT2D eigenvalue weighted by Gasteiger charge is 2.28. The molecule has 0 bridgehead atoms. The molecule has 25 heavy (non-hydrogen) atoms. The number of methoxy groups -OCH3 is 1. The molecule has 2 amide bonds. The van der Waals surface area contributed by atoms with E-state index in [0.29, 0.717) is 32.0 Å². The van der Waals surface area contributed by atoms with E-state index in [2.05, 4.69) is 10.6 Å². The molecule has 0 unspecified atom stereocenters. The molecule has 0 spiro atoms. The third-order valence-corrected chi connectivity index (χ3v) is 4.38. The smallest absolute Gasteiger partial charge is 0.246 e. The predicted octanol–water partition coefficient (Wildman–Crippen LogP) is 1.06. The van der Waals surface area contributed by atoms with Gasteiger partial charge in [-0.15, -0.1) is 0 Å². The maximum absolute atomic E-state index is 12.0. The van der Waals surface area contributed by atoms with E-state index < -0.39 is 0 Å². The van der Waals surface area contributed by atoms with Crippen LogP contribution in [0.1, 0.15) is 46.0 Å². The Morgan fingerprint density at radius 2 is 1.72 bits per heavy atom. The first-order valence-corrected chi connectivity index (χ1v) is 9.10. The molecule has 0 aromatic carbocycles. The number of ketones is 1. The number of Topliss-reactive ketones (excluding diaryl/α,β-unsaturated/α-hetero) is 1. The molecule has 1 saturated carbocycles. The van der Waals surface area contributed by atoms with E-state index in [0.717, 1.165) is 25.7 Å². The number of hydrogen-bond acceptors (Lipinski definition) is 5. The van der Waals surface area contributed by atoms with Gasteiger partial charge < -0.3 is 20.1 Å². The molecule has 0 aliphatic heterocycles. The van der Waals surface area contributed by atoms with Gasteiger partial charge in [-0.05, 0) is 25.7 Å². The van der Waals surface area contributed by atoms with Crippen LogP contribution in [0.15, 0.2) is 0 Å². The van der Waals surface area contributed by atoms with Gasteiger partial charge >= 0.3 is 0 Å². The van der Waals surface area contributed by atoms with Crippen molar-refractivity contribution in [1.82, 2.24) is 10.6 Å². The minimum Gasteiger partial charge on any atom is -0.379 e. The van der Waals surface area contributed by atoms with Crippen LogP contribution in [0.25, 0.3) is 0 Å². The highest BCUT2D eigenvalue weighted by Crippen LogP contribution is 2.27. The quantitative estimate of drug-likeness (QED) is 0.540. The molecule has 0 aromatic heterocycles. The first-order valence-electron chi connectivity index (χ1n) is 9.10. The Bertz CT molecular complexity index is 431. The van der Waals surface area contributed by atoms with E-state index in [1.165, 1.54) is 7.11 Å². The Morgan fingerprint density at radius 3 is 2.32 bits per heavy atom. The van der Waals surface area contributed by atoms with Crippen molar-refractivity contribution in [3.63, 3.8) is 0 Å². The van der Waals surface area contributed by atoms with Crippen LogP contribution in [-0.2, 0) is 23.9 Å². The lowest BCUT2D eigenvalue weighted by molar-refractivity contribution is -0.127. The zero-order valence-electron chi connectivity index (χ0n) is 15.6. The van der Waals surface area contributed by atoms with Gasteiger partial charge in [0.15, 0.2) is 0 Å². The van der Waals surface area contributed by atoms with Crippen molar-refractivity contribution in [2.45, 2.75) is 52.0 Å². The van der Waals surface area contributed by atoms with Gasteiger partial charge in [0.25, 0.3) is 0 Å². The van der Waals surface area contributed by atoms with E-state index in [9.17, 15) is 14.4 Å². The number of ether oxygens (including phenoxy) is 2. The molecule has 7 heteroatoms. The van der Waals surface area contributed by atoms with Crippen molar-refractivity contribution in [1.29, 1.82) is 0 Å². The summed E-state index contributed by atoms with van der Waals surface area (Å²) in [5.41, 5.74) is 0. The molecular weight excluding hydrogens is 324 g/mol. The van der Waals surface area contributed by atoms with Crippen molar-refractivity contribution in [2.24, 2.45) is 11.8 Å². The molecule has 0 atom stereocenters. The summed E-state index contributed by atoms with van der Waals surface area (Å²) in [4.78, 5) is 35.0. The second-order valence-corrected chi connectivity index (χ2v) is 6.82. The van der Waals surface area contributed by atoms with Crippen LogP contribution in [0.5, 0.6) is 0 Å². The van der Waals surface area contributed by atoms with Crippen molar-refractivity contribution in [2.75, 3.05) is 33.5 Å². The SMILES string of the molecule is COCC(=O)NCCOCCC(=O)NC1CCC(C(=O)C(C)C)CC1. The largest absolute Gasteiger partial charge is 0.379 e. The van der Waals surface area contributed by atoms with E-state index in [4.69, 9.17) is 9.47 Å². The normalized spacial score (nSPS) is 20.3. The number of amides is 2. The van der Waals surface area contributed by atoms with Crippen molar-refractivity contribution in [3.8, 4) is 0 Å². The lowest BCUT2D eigenvalue weighted by Gasteiger charge is -2.29. The molecule has 7 nitrogen and oxygen atoms in total. The lowest BCUT2D eigenvalue weighted by atomic mass is 9.80. The fraction of sp³-hybridized carbons (Fsp3) is 0.833. The standard InChI is InChI=1S/C18H32N2O5/c1-13(2)18(23)14-4-6-15(7-5-14)20-16(21)8-10-25-11-9-19-17(22)12-24-3/h13-15H,4-12H2,1-3H3,(H,19,22)(H,20,21). The molecule has 0 aromatic rings. The van der Waals surface area contributed by atoms with Gasteiger partial charge in [0.1, 0.15) is 12.4 Å². The Labute approximate surface area is 150 Å². The van der Waals surface area contributed by atoms with Gasteiger partial charge in [-0.3, -0.25) is 14.4 Å². The highest BCUT2D eigenvalue weighted by atomic mass is 16.5. The van der Waals surface area contributed by atoms with Gasteiger partial charge in [-0.2, -0.15) is 0 Å². The molecule has 2 N–H and O–H groups in total. The molecule has 1 aliphatic carbocycles. The zero-order valence-corrected chi connectivity index (χ0v) is 15.6. The summed E-state index contributed by atoms with van der Waals surface area (Å²) < 4.78 is 10.0. The topological polar surface area (TPSA) is 93.7 Å². The Kier molecular flexibility index (Phi) is 10.3. The maximum atomic E-state index is 12.0. The monoisotopic (exact) mass is 356 g/mol. The molecule has 144 valence electrons. The molecular formula is C18H32N2O5. The fourth-order valence-corrected chi connectivity index (χ4v) is 3.01. The number of carbonyl (C=O) groups excluding carboxylic acids is 3. The summed E-state index contributed by atoms with van der Waals surface area (Å²) in [6.07, 6.45) is 3.75. The van der Waals surface area contributed by atoms with Gasteiger partial charge in [0.05, 0.1) is 13.2 Å². The van der Waals surface area contributed by atoms with Crippen LogP contribution in [0, 0.1) is 11.8 Å². The fourth-order valence-electron chi connectivity index (χ4n) is 3.01. The average molecular weight is 356 g/mol. The minimum atomic E-state index is -0.185. The van der Waals surface area contributed by atoms with Crippen molar-refractivity contribution >= 4 is 17.6 Å². The summed E-state index contributed by atoms with van der Waals surface area (Å²) in [6, 6.07) is 0.164. The van der Waals surface area contributed by atoms with Gasteiger partial charge in [0.2, 0.25) is 11.8 Å². The Hall–Kier alpha value is -1.47. The second-order valence-electron chi connectivity index (χ2n) is 6.82. The molecule has 1 rings (SSSR count). The molecule has 1 fully saturated rings. The second kappa shape index (κ2) is 12.0. The van der Waals surface area contributed by atoms with Crippen molar-refractivity contribution in [3.05, 3.63) is 0 Å².